The third-order valence-corrected chi connectivity index (χ3v) is 3.78. The third-order valence-electron chi connectivity index (χ3n) is 3.78. The molecule has 0 aliphatic carbocycles. The minimum absolute atomic E-state index is 0. The zero-order chi connectivity index (χ0) is 15.5. The van der Waals surface area contributed by atoms with Crippen LogP contribution in [0.25, 0.3) is 0 Å². The van der Waals surface area contributed by atoms with Gasteiger partial charge in [0.15, 0.2) is 5.96 Å². The second-order valence-electron chi connectivity index (χ2n) is 6.18. The zero-order valence-corrected chi connectivity index (χ0v) is 17.1. The molecule has 0 aromatic rings. The van der Waals surface area contributed by atoms with Crippen LogP contribution in [0.15, 0.2) is 4.99 Å². The number of hydrogen-bond donors (Lipinski definition) is 2. The van der Waals surface area contributed by atoms with Gasteiger partial charge in [0.05, 0.1) is 19.8 Å². The predicted molar refractivity (Wildman–Crippen MR) is 105 cm³/mol. The molecule has 2 N–H and O–H groups in total. The van der Waals surface area contributed by atoms with Crippen molar-refractivity contribution in [2.24, 2.45) is 10.9 Å². The number of nitrogens with zero attached hydrogens (tertiary/aromatic N) is 2. The molecule has 132 valence electrons. The first-order valence-electron chi connectivity index (χ1n) is 8.47. The monoisotopic (exact) mass is 426 g/mol. The molecule has 0 spiro atoms. The molecular weight excluding hydrogens is 391 g/mol. The van der Waals surface area contributed by atoms with E-state index in [2.05, 4.69) is 43.2 Å². The van der Waals surface area contributed by atoms with Gasteiger partial charge < -0.3 is 15.4 Å². The van der Waals surface area contributed by atoms with Gasteiger partial charge in [-0.15, -0.1) is 24.0 Å². The number of halogens is 1. The molecule has 1 atom stereocenters. The second kappa shape index (κ2) is 13.4. The van der Waals surface area contributed by atoms with Gasteiger partial charge in [0, 0.05) is 32.2 Å². The summed E-state index contributed by atoms with van der Waals surface area (Å²) >= 11 is 0. The van der Waals surface area contributed by atoms with Gasteiger partial charge in [0.25, 0.3) is 0 Å². The summed E-state index contributed by atoms with van der Waals surface area (Å²) in [6.45, 7) is 15.4. The van der Waals surface area contributed by atoms with Gasteiger partial charge in [0.2, 0.25) is 0 Å². The molecule has 22 heavy (non-hydrogen) atoms. The average Bonchev–Trinajstić information content (AvgIpc) is 2.49. The maximum Gasteiger partial charge on any atom is 0.191 e. The van der Waals surface area contributed by atoms with E-state index in [0.717, 1.165) is 57.8 Å². The summed E-state index contributed by atoms with van der Waals surface area (Å²) in [5.41, 5.74) is 0. The van der Waals surface area contributed by atoms with Crippen molar-refractivity contribution < 1.29 is 4.74 Å². The van der Waals surface area contributed by atoms with Crippen molar-refractivity contribution in [2.45, 2.75) is 46.6 Å². The van der Waals surface area contributed by atoms with Crippen molar-refractivity contribution >= 4 is 29.9 Å². The van der Waals surface area contributed by atoms with Crippen LogP contribution in [0.4, 0.5) is 0 Å². The smallest absolute Gasteiger partial charge is 0.191 e. The molecule has 0 bridgehead atoms. The van der Waals surface area contributed by atoms with Crippen molar-refractivity contribution in [2.75, 3.05) is 45.9 Å². The van der Waals surface area contributed by atoms with E-state index in [-0.39, 0.29) is 24.0 Å². The summed E-state index contributed by atoms with van der Waals surface area (Å²) in [5.74, 6) is 1.72. The Labute approximate surface area is 153 Å². The van der Waals surface area contributed by atoms with Crippen molar-refractivity contribution in [1.29, 1.82) is 0 Å². The standard InChI is InChI=1S/C16H34N4O.HI/c1-5-17-16(18-8-6-7-14(2)3)19-13-15(4)20-9-11-21-12-10-20;/h14-15H,5-13H2,1-4H3,(H2,17,18,19);1H. The van der Waals surface area contributed by atoms with E-state index in [1.807, 2.05) is 0 Å². The first-order chi connectivity index (χ1) is 10.1. The van der Waals surface area contributed by atoms with E-state index in [1.54, 1.807) is 0 Å². The van der Waals surface area contributed by atoms with Crippen molar-refractivity contribution in [1.82, 2.24) is 15.5 Å². The normalized spacial score (nSPS) is 18.0. The highest BCUT2D eigenvalue weighted by molar-refractivity contribution is 14.0. The van der Waals surface area contributed by atoms with Gasteiger partial charge in [0.1, 0.15) is 0 Å². The lowest BCUT2D eigenvalue weighted by Gasteiger charge is -2.31. The van der Waals surface area contributed by atoms with Crippen LogP contribution in [-0.4, -0.2) is 62.8 Å². The number of aliphatic imine (C=N–C) groups is 1. The fourth-order valence-corrected chi connectivity index (χ4v) is 2.42. The summed E-state index contributed by atoms with van der Waals surface area (Å²) in [6.07, 6.45) is 2.46. The number of hydrogen-bond acceptors (Lipinski definition) is 3. The first kappa shape index (κ1) is 21.9. The van der Waals surface area contributed by atoms with Crippen LogP contribution in [0.2, 0.25) is 0 Å². The van der Waals surface area contributed by atoms with Crippen LogP contribution < -0.4 is 10.6 Å². The van der Waals surface area contributed by atoms with Gasteiger partial charge >= 0.3 is 0 Å². The maximum atomic E-state index is 5.40. The number of guanidine groups is 1. The third kappa shape index (κ3) is 9.84. The fourth-order valence-electron chi connectivity index (χ4n) is 2.42. The number of ether oxygens (including phenoxy) is 1. The largest absolute Gasteiger partial charge is 0.379 e. The summed E-state index contributed by atoms with van der Waals surface area (Å²) in [7, 11) is 0. The molecule has 6 heteroatoms. The summed E-state index contributed by atoms with van der Waals surface area (Å²) in [4.78, 5) is 7.17. The molecule has 1 heterocycles. The summed E-state index contributed by atoms with van der Waals surface area (Å²) in [6, 6.07) is 0.472. The lowest BCUT2D eigenvalue weighted by molar-refractivity contribution is 0.0220. The van der Waals surface area contributed by atoms with Crippen molar-refractivity contribution in [3.05, 3.63) is 0 Å². The Morgan fingerprint density at radius 2 is 1.86 bits per heavy atom. The highest BCUT2D eigenvalue weighted by Crippen LogP contribution is 2.04. The van der Waals surface area contributed by atoms with Crippen LogP contribution in [-0.2, 0) is 4.74 Å². The van der Waals surface area contributed by atoms with Gasteiger partial charge in [-0.05, 0) is 32.6 Å². The predicted octanol–water partition coefficient (Wildman–Crippen LogP) is 2.32. The minimum atomic E-state index is 0. The molecule has 0 radical (unpaired) electrons. The Hall–Kier alpha value is -0.0800. The topological polar surface area (TPSA) is 48.9 Å². The second-order valence-corrected chi connectivity index (χ2v) is 6.18. The Balaban J connectivity index is 0.00000441. The van der Waals surface area contributed by atoms with E-state index in [9.17, 15) is 0 Å². The quantitative estimate of drug-likeness (QED) is 0.271. The van der Waals surface area contributed by atoms with E-state index < -0.39 is 0 Å². The number of morpholine rings is 1. The minimum Gasteiger partial charge on any atom is -0.379 e. The van der Waals surface area contributed by atoms with Crippen molar-refractivity contribution in [3.8, 4) is 0 Å². The van der Waals surface area contributed by atoms with E-state index in [0.29, 0.717) is 6.04 Å². The zero-order valence-electron chi connectivity index (χ0n) is 14.7. The summed E-state index contributed by atoms with van der Waals surface area (Å²) in [5, 5.41) is 6.75. The highest BCUT2D eigenvalue weighted by Gasteiger charge is 2.16. The summed E-state index contributed by atoms with van der Waals surface area (Å²) < 4.78 is 5.40. The lowest BCUT2D eigenvalue weighted by atomic mass is 10.1. The van der Waals surface area contributed by atoms with Gasteiger partial charge in [-0.2, -0.15) is 0 Å². The lowest BCUT2D eigenvalue weighted by Crippen LogP contribution is -2.44. The number of rotatable bonds is 8. The maximum absolute atomic E-state index is 5.40. The Morgan fingerprint density at radius 1 is 1.18 bits per heavy atom. The molecule has 1 rings (SSSR count). The van der Waals surface area contributed by atoms with Crippen LogP contribution >= 0.6 is 24.0 Å². The molecular formula is C16H35IN4O. The van der Waals surface area contributed by atoms with Gasteiger partial charge in [-0.1, -0.05) is 13.8 Å². The van der Waals surface area contributed by atoms with Gasteiger partial charge in [-0.25, -0.2) is 0 Å². The average molecular weight is 426 g/mol. The highest BCUT2D eigenvalue weighted by atomic mass is 127. The Kier molecular flexibility index (Phi) is 13.3. The first-order valence-corrected chi connectivity index (χ1v) is 8.47. The van der Waals surface area contributed by atoms with E-state index >= 15 is 0 Å². The molecule has 5 nitrogen and oxygen atoms in total. The molecule has 0 saturated carbocycles. The fraction of sp³-hybridized carbons (Fsp3) is 0.938. The van der Waals surface area contributed by atoms with Crippen LogP contribution in [0, 0.1) is 5.92 Å². The van der Waals surface area contributed by atoms with Crippen LogP contribution in [0.1, 0.15) is 40.5 Å². The Bertz CT molecular complexity index is 294. The molecule has 1 saturated heterocycles. The van der Waals surface area contributed by atoms with E-state index in [4.69, 9.17) is 9.73 Å². The Morgan fingerprint density at radius 3 is 2.45 bits per heavy atom. The SMILES string of the molecule is CCNC(=NCC(C)N1CCOCC1)NCCCC(C)C.I. The molecule has 1 aliphatic heterocycles. The molecule has 0 amide bonds. The van der Waals surface area contributed by atoms with Gasteiger partial charge in [-0.3, -0.25) is 9.89 Å². The van der Waals surface area contributed by atoms with Crippen LogP contribution in [0.5, 0.6) is 0 Å². The van der Waals surface area contributed by atoms with E-state index in [1.165, 1.54) is 12.8 Å². The molecule has 0 aromatic heterocycles. The van der Waals surface area contributed by atoms with Crippen molar-refractivity contribution in [3.63, 3.8) is 0 Å². The molecule has 1 unspecified atom stereocenters. The number of nitrogens with one attached hydrogen (secondary N) is 2. The molecule has 1 aliphatic rings. The molecule has 0 aromatic carbocycles. The molecule has 1 fully saturated rings. The van der Waals surface area contributed by atoms with Crippen LogP contribution in [0.3, 0.4) is 0 Å².